The minimum atomic E-state index is 0.0400. The second-order valence-electron chi connectivity index (χ2n) is 6.97. The fourth-order valence-electron chi connectivity index (χ4n) is 4.28. The summed E-state index contributed by atoms with van der Waals surface area (Å²) in [6.45, 7) is 5.17. The third-order valence-electron chi connectivity index (χ3n) is 5.45. The van der Waals surface area contributed by atoms with E-state index in [4.69, 9.17) is 16.3 Å². The highest BCUT2D eigenvalue weighted by Crippen LogP contribution is 2.43. The number of amides is 1. The Balaban J connectivity index is 1.65. The normalized spacial score (nSPS) is 24.5. The van der Waals surface area contributed by atoms with Gasteiger partial charge in [0, 0.05) is 31.1 Å². The number of nitrogens with zero attached hydrogens (tertiary/aromatic N) is 1. The van der Waals surface area contributed by atoms with Gasteiger partial charge < -0.3 is 15.0 Å². The molecule has 0 aliphatic carbocycles. The first-order valence-corrected chi connectivity index (χ1v) is 9.55. The van der Waals surface area contributed by atoms with Gasteiger partial charge in [0.2, 0.25) is 0 Å². The Morgan fingerprint density at radius 2 is 2.04 bits per heavy atom. The number of benzene rings is 2. The van der Waals surface area contributed by atoms with Crippen LogP contribution < -0.4 is 10.1 Å². The largest absolute Gasteiger partial charge is 0.492 e. The molecule has 2 aliphatic heterocycles. The number of rotatable bonds is 4. The van der Waals surface area contributed by atoms with Crippen LogP contribution in [0, 0.1) is 11.8 Å². The Kier molecular flexibility index (Phi) is 4.88. The van der Waals surface area contributed by atoms with Crippen molar-refractivity contribution >= 4 is 17.5 Å². The molecule has 5 heteroatoms. The second kappa shape index (κ2) is 7.29. The predicted octanol–water partition coefficient (Wildman–Crippen LogP) is 3.77. The van der Waals surface area contributed by atoms with Crippen LogP contribution in [0.3, 0.4) is 0 Å². The molecule has 2 heterocycles. The highest BCUT2D eigenvalue weighted by molar-refractivity contribution is 6.32. The number of ether oxygens (including phenoxy) is 1. The van der Waals surface area contributed by atoms with Crippen LogP contribution in [0.1, 0.15) is 28.9 Å². The number of hydrogen-bond acceptors (Lipinski definition) is 3. The molecular formula is C21H23ClN2O2. The zero-order valence-electron chi connectivity index (χ0n) is 14.8. The van der Waals surface area contributed by atoms with Gasteiger partial charge in [-0.05, 0) is 36.6 Å². The van der Waals surface area contributed by atoms with E-state index in [9.17, 15) is 4.79 Å². The highest BCUT2D eigenvalue weighted by Gasteiger charge is 2.46. The lowest BCUT2D eigenvalue weighted by molar-refractivity contribution is 0.0714. The number of likely N-dealkylation sites (tertiary alicyclic amines) is 1. The first-order valence-electron chi connectivity index (χ1n) is 9.18. The zero-order valence-corrected chi connectivity index (χ0v) is 15.6. The van der Waals surface area contributed by atoms with E-state index >= 15 is 0 Å². The van der Waals surface area contributed by atoms with E-state index in [2.05, 4.69) is 17.4 Å². The van der Waals surface area contributed by atoms with Crippen LogP contribution in [0.4, 0.5) is 0 Å². The maximum Gasteiger partial charge on any atom is 0.254 e. The van der Waals surface area contributed by atoms with Crippen LogP contribution >= 0.6 is 11.6 Å². The summed E-state index contributed by atoms with van der Waals surface area (Å²) < 4.78 is 5.48. The molecule has 2 aliphatic rings. The van der Waals surface area contributed by atoms with Crippen molar-refractivity contribution in [2.45, 2.75) is 13.0 Å². The molecule has 26 heavy (non-hydrogen) atoms. The Hall–Kier alpha value is -2.04. The number of nitrogens with one attached hydrogen (secondary N) is 1. The summed E-state index contributed by atoms with van der Waals surface area (Å²) >= 11 is 6.30. The summed E-state index contributed by atoms with van der Waals surface area (Å²) in [6, 6.07) is 15.8. The van der Waals surface area contributed by atoms with Gasteiger partial charge in [0.1, 0.15) is 5.75 Å². The third kappa shape index (κ3) is 3.08. The van der Waals surface area contributed by atoms with Gasteiger partial charge in [0.25, 0.3) is 5.91 Å². The van der Waals surface area contributed by atoms with Crippen molar-refractivity contribution in [1.82, 2.24) is 10.2 Å². The van der Waals surface area contributed by atoms with Gasteiger partial charge >= 0.3 is 0 Å². The van der Waals surface area contributed by atoms with Gasteiger partial charge in [0.05, 0.1) is 17.7 Å². The molecule has 0 bridgehead atoms. The Morgan fingerprint density at radius 1 is 1.23 bits per heavy atom. The number of carbonyl (C=O) groups is 1. The molecule has 0 aromatic heterocycles. The van der Waals surface area contributed by atoms with Gasteiger partial charge in [-0.25, -0.2) is 0 Å². The maximum absolute atomic E-state index is 13.3. The highest BCUT2D eigenvalue weighted by atomic mass is 35.5. The Morgan fingerprint density at radius 3 is 2.77 bits per heavy atom. The first kappa shape index (κ1) is 17.4. The van der Waals surface area contributed by atoms with E-state index in [1.807, 2.05) is 36.1 Å². The predicted molar refractivity (Wildman–Crippen MR) is 103 cm³/mol. The average molecular weight is 371 g/mol. The number of carbonyl (C=O) groups excluding carboxylic acids is 1. The van der Waals surface area contributed by atoms with Crippen LogP contribution in [0.2, 0.25) is 5.02 Å². The molecule has 0 saturated carbocycles. The van der Waals surface area contributed by atoms with E-state index in [1.54, 1.807) is 12.1 Å². The molecule has 1 amide bonds. The summed E-state index contributed by atoms with van der Waals surface area (Å²) in [5, 5.41) is 3.96. The first-order chi connectivity index (χ1) is 12.7. The summed E-state index contributed by atoms with van der Waals surface area (Å²) in [5.74, 6) is 1.62. The Bertz CT molecular complexity index is 796. The average Bonchev–Trinajstić information content (AvgIpc) is 3.24. The van der Waals surface area contributed by atoms with Crippen molar-refractivity contribution in [2.24, 2.45) is 11.8 Å². The third-order valence-corrected chi connectivity index (χ3v) is 5.74. The molecule has 1 N–H and O–H groups in total. The van der Waals surface area contributed by atoms with E-state index in [0.29, 0.717) is 34.8 Å². The number of fused-ring (bicyclic) bond motifs is 1. The van der Waals surface area contributed by atoms with Crippen molar-refractivity contribution in [3.63, 3.8) is 0 Å². The zero-order chi connectivity index (χ0) is 18.1. The number of halogens is 1. The topological polar surface area (TPSA) is 41.6 Å². The summed E-state index contributed by atoms with van der Waals surface area (Å²) in [4.78, 5) is 15.3. The van der Waals surface area contributed by atoms with Gasteiger partial charge in [-0.3, -0.25) is 4.79 Å². The molecule has 2 aromatic rings. The molecule has 3 atom stereocenters. The minimum Gasteiger partial charge on any atom is -0.492 e. The standard InChI is InChI=1S/C21H23ClN2O2/c1-2-26-19-9-8-15(10-18(19)22)21(25)24-13-16-11-23-12-17(16)20(24)14-6-4-3-5-7-14/h3-10,16-17,20,23H,2,11-13H2,1H3/t16-,17-,20+/m0/s1. The molecular weight excluding hydrogens is 348 g/mol. The van der Waals surface area contributed by atoms with Crippen molar-refractivity contribution in [3.05, 3.63) is 64.7 Å². The van der Waals surface area contributed by atoms with Gasteiger partial charge in [-0.15, -0.1) is 0 Å². The van der Waals surface area contributed by atoms with E-state index in [1.165, 1.54) is 5.56 Å². The van der Waals surface area contributed by atoms with Crippen LogP contribution in [-0.4, -0.2) is 37.0 Å². The lowest BCUT2D eigenvalue weighted by Crippen LogP contribution is -2.34. The van der Waals surface area contributed by atoms with Crippen LogP contribution in [0.25, 0.3) is 0 Å². The quantitative estimate of drug-likeness (QED) is 0.890. The molecule has 0 radical (unpaired) electrons. The van der Waals surface area contributed by atoms with Crippen LogP contribution in [0.15, 0.2) is 48.5 Å². The molecule has 4 rings (SSSR count). The summed E-state index contributed by atoms with van der Waals surface area (Å²) in [5.41, 5.74) is 1.82. The van der Waals surface area contributed by atoms with E-state index in [0.717, 1.165) is 19.6 Å². The molecule has 2 fully saturated rings. The lowest BCUT2D eigenvalue weighted by atomic mass is 9.89. The monoisotopic (exact) mass is 370 g/mol. The molecule has 136 valence electrons. The van der Waals surface area contributed by atoms with Crippen molar-refractivity contribution in [3.8, 4) is 5.75 Å². The van der Waals surface area contributed by atoms with Gasteiger partial charge in [-0.1, -0.05) is 41.9 Å². The maximum atomic E-state index is 13.3. The fourth-order valence-corrected chi connectivity index (χ4v) is 4.51. The van der Waals surface area contributed by atoms with Gasteiger partial charge in [0.15, 0.2) is 0 Å². The summed E-state index contributed by atoms with van der Waals surface area (Å²) in [7, 11) is 0. The minimum absolute atomic E-state index is 0.0400. The Labute approximate surface area is 159 Å². The smallest absolute Gasteiger partial charge is 0.254 e. The molecule has 2 saturated heterocycles. The van der Waals surface area contributed by atoms with E-state index < -0.39 is 0 Å². The molecule has 0 spiro atoms. The fraction of sp³-hybridized carbons (Fsp3) is 0.381. The number of hydrogen-bond donors (Lipinski definition) is 1. The van der Waals surface area contributed by atoms with Crippen molar-refractivity contribution in [2.75, 3.05) is 26.2 Å². The van der Waals surface area contributed by atoms with Crippen molar-refractivity contribution < 1.29 is 9.53 Å². The second-order valence-corrected chi connectivity index (χ2v) is 7.38. The van der Waals surface area contributed by atoms with Gasteiger partial charge in [-0.2, -0.15) is 0 Å². The molecule has 4 nitrogen and oxygen atoms in total. The summed E-state index contributed by atoms with van der Waals surface area (Å²) in [6.07, 6.45) is 0. The van der Waals surface area contributed by atoms with Crippen LogP contribution in [0.5, 0.6) is 5.75 Å². The van der Waals surface area contributed by atoms with Crippen LogP contribution in [-0.2, 0) is 0 Å². The molecule has 2 aromatic carbocycles. The molecule has 0 unspecified atom stereocenters. The van der Waals surface area contributed by atoms with E-state index in [-0.39, 0.29) is 11.9 Å². The van der Waals surface area contributed by atoms with Crippen molar-refractivity contribution in [1.29, 1.82) is 0 Å². The lowest BCUT2D eigenvalue weighted by Gasteiger charge is -2.28. The SMILES string of the molecule is CCOc1ccc(C(=O)N2C[C@@H]3CNC[C@@H]3[C@H]2c2ccccc2)cc1Cl.